The molecule has 2 aromatic rings. The SMILES string of the molecule is Cc1nc2nc(C(F)(F)F)nn2c(C)c1CCC(=O)OCC#N. The normalized spacial score (nSPS) is 11.5. The smallest absolute Gasteiger partial charge is 0.450 e. The number of esters is 1. The summed E-state index contributed by atoms with van der Waals surface area (Å²) in [6, 6.07) is 1.68. The maximum Gasteiger partial charge on any atom is 0.453 e. The Hall–Kier alpha value is -2.70. The number of rotatable bonds is 4. The number of aryl methyl sites for hydroxylation is 2. The van der Waals surface area contributed by atoms with Crippen LogP contribution in [-0.4, -0.2) is 32.2 Å². The molecule has 0 aliphatic heterocycles. The van der Waals surface area contributed by atoms with E-state index in [1.807, 2.05) is 0 Å². The fraction of sp³-hybridized carbons (Fsp3) is 0.462. The second-order valence-corrected chi connectivity index (χ2v) is 4.72. The molecule has 0 atom stereocenters. The minimum atomic E-state index is -4.66. The van der Waals surface area contributed by atoms with Crippen molar-refractivity contribution < 1.29 is 22.7 Å². The molecule has 0 amide bonds. The summed E-state index contributed by atoms with van der Waals surface area (Å²) in [4.78, 5) is 18.8. The lowest BCUT2D eigenvalue weighted by Crippen LogP contribution is -2.11. The van der Waals surface area contributed by atoms with Crippen molar-refractivity contribution in [3.05, 3.63) is 22.8 Å². The number of hydrogen-bond acceptors (Lipinski definition) is 6. The molecule has 7 nitrogen and oxygen atoms in total. The van der Waals surface area contributed by atoms with Crippen LogP contribution in [0.4, 0.5) is 13.2 Å². The van der Waals surface area contributed by atoms with Crippen molar-refractivity contribution in [1.82, 2.24) is 19.6 Å². The van der Waals surface area contributed by atoms with Crippen LogP contribution in [0.5, 0.6) is 0 Å². The summed E-state index contributed by atoms with van der Waals surface area (Å²) in [6.07, 6.45) is -4.46. The number of nitriles is 1. The van der Waals surface area contributed by atoms with Crippen LogP contribution in [0.15, 0.2) is 0 Å². The monoisotopic (exact) mass is 327 g/mol. The van der Waals surface area contributed by atoms with Crippen LogP contribution in [0.1, 0.15) is 29.2 Å². The lowest BCUT2D eigenvalue weighted by Gasteiger charge is -2.09. The Morgan fingerprint density at radius 2 is 2.04 bits per heavy atom. The standard InChI is InChI=1S/C13H12F3N5O2/c1-7-9(3-4-10(22)23-6-5-17)8(2)21-12(18-7)19-11(20-21)13(14,15)16/h3-4,6H2,1-2H3. The quantitative estimate of drug-likeness (QED) is 0.794. The van der Waals surface area contributed by atoms with Gasteiger partial charge in [-0.25, -0.2) is 9.50 Å². The molecule has 0 unspecified atom stereocenters. The van der Waals surface area contributed by atoms with Crippen molar-refractivity contribution in [2.24, 2.45) is 0 Å². The molecule has 0 radical (unpaired) electrons. The average molecular weight is 327 g/mol. The van der Waals surface area contributed by atoms with Crippen LogP contribution < -0.4 is 0 Å². The molecule has 122 valence electrons. The highest BCUT2D eigenvalue weighted by Gasteiger charge is 2.36. The Bertz CT molecular complexity index is 791. The molecular formula is C13H12F3N5O2. The summed E-state index contributed by atoms with van der Waals surface area (Å²) in [5.41, 5.74) is 1.47. The topological polar surface area (TPSA) is 93.2 Å². The minimum absolute atomic E-state index is 0.0165. The average Bonchev–Trinajstić information content (AvgIpc) is 2.89. The molecule has 0 bridgehead atoms. The number of halogens is 3. The highest BCUT2D eigenvalue weighted by atomic mass is 19.4. The second kappa shape index (κ2) is 6.20. The van der Waals surface area contributed by atoms with E-state index in [0.717, 1.165) is 4.52 Å². The number of carbonyl (C=O) groups excluding carboxylic acids is 1. The zero-order valence-corrected chi connectivity index (χ0v) is 12.3. The first-order valence-electron chi connectivity index (χ1n) is 6.56. The van der Waals surface area contributed by atoms with Crippen molar-refractivity contribution in [1.29, 1.82) is 5.26 Å². The Labute approximate surface area is 128 Å². The van der Waals surface area contributed by atoms with Gasteiger partial charge >= 0.3 is 12.1 Å². The molecule has 0 aromatic carbocycles. The Morgan fingerprint density at radius 3 is 2.65 bits per heavy atom. The lowest BCUT2D eigenvalue weighted by molar-refractivity contribution is -0.145. The van der Waals surface area contributed by atoms with Gasteiger partial charge in [0.2, 0.25) is 0 Å². The van der Waals surface area contributed by atoms with Gasteiger partial charge in [0, 0.05) is 17.8 Å². The number of fused-ring (bicyclic) bond motifs is 1. The summed E-state index contributed by atoms with van der Waals surface area (Å²) in [5.74, 6) is -1.98. The van der Waals surface area contributed by atoms with E-state index in [0.29, 0.717) is 17.0 Å². The third-order valence-corrected chi connectivity index (χ3v) is 3.18. The molecule has 0 fully saturated rings. The summed E-state index contributed by atoms with van der Waals surface area (Å²) >= 11 is 0. The number of hydrogen-bond donors (Lipinski definition) is 0. The predicted octanol–water partition coefficient (Wildman–Crippen LogP) is 1.76. The molecule has 0 aliphatic carbocycles. The Kier molecular flexibility index (Phi) is 4.49. The van der Waals surface area contributed by atoms with E-state index in [1.54, 1.807) is 19.9 Å². The number of carbonyl (C=O) groups is 1. The van der Waals surface area contributed by atoms with E-state index in [9.17, 15) is 18.0 Å². The first-order valence-corrected chi connectivity index (χ1v) is 6.56. The highest BCUT2D eigenvalue weighted by molar-refractivity contribution is 5.70. The van der Waals surface area contributed by atoms with E-state index in [2.05, 4.69) is 19.8 Å². The largest absolute Gasteiger partial charge is 0.453 e. The third kappa shape index (κ3) is 3.56. The van der Waals surface area contributed by atoms with Gasteiger partial charge in [-0.15, -0.1) is 5.10 Å². The van der Waals surface area contributed by atoms with Crippen LogP contribution in [0.2, 0.25) is 0 Å². The fourth-order valence-corrected chi connectivity index (χ4v) is 2.10. The molecule has 0 aliphatic rings. The molecule has 0 N–H and O–H groups in total. The third-order valence-electron chi connectivity index (χ3n) is 3.18. The van der Waals surface area contributed by atoms with E-state index >= 15 is 0 Å². The number of nitrogens with zero attached hydrogens (tertiary/aromatic N) is 5. The van der Waals surface area contributed by atoms with E-state index in [-0.39, 0.29) is 25.2 Å². The zero-order valence-electron chi connectivity index (χ0n) is 12.3. The van der Waals surface area contributed by atoms with Gasteiger partial charge in [-0.05, 0) is 25.8 Å². The maximum absolute atomic E-state index is 12.7. The molecule has 2 heterocycles. The van der Waals surface area contributed by atoms with Crippen LogP contribution in [-0.2, 0) is 22.1 Å². The number of alkyl halides is 3. The van der Waals surface area contributed by atoms with Crippen molar-refractivity contribution in [2.45, 2.75) is 32.9 Å². The van der Waals surface area contributed by atoms with Crippen LogP contribution in [0.3, 0.4) is 0 Å². The Balaban J connectivity index is 2.31. The molecule has 2 aromatic heterocycles. The first kappa shape index (κ1) is 16.7. The maximum atomic E-state index is 12.7. The van der Waals surface area contributed by atoms with Crippen molar-refractivity contribution in [3.8, 4) is 6.07 Å². The molecule has 23 heavy (non-hydrogen) atoms. The van der Waals surface area contributed by atoms with Gasteiger partial charge in [0.25, 0.3) is 11.6 Å². The van der Waals surface area contributed by atoms with Crippen LogP contribution in [0, 0.1) is 25.2 Å². The molecule has 2 rings (SSSR count). The molecule has 0 spiro atoms. The second-order valence-electron chi connectivity index (χ2n) is 4.72. The fourth-order valence-electron chi connectivity index (χ4n) is 2.10. The van der Waals surface area contributed by atoms with Gasteiger partial charge in [0.05, 0.1) is 0 Å². The first-order chi connectivity index (χ1) is 10.7. The molecule has 0 saturated heterocycles. The van der Waals surface area contributed by atoms with Gasteiger partial charge in [-0.1, -0.05) is 0 Å². The van der Waals surface area contributed by atoms with Gasteiger partial charge in [-0.3, -0.25) is 4.79 Å². The van der Waals surface area contributed by atoms with Crippen molar-refractivity contribution >= 4 is 11.7 Å². The molecule has 10 heteroatoms. The van der Waals surface area contributed by atoms with Crippen molar-refractivity contribution in [3.63, 3.8) is 0 Å². The van der Waals surface area contributed by atoms with Gasteiger partial charge in [0.1, 0.15) is 6.07 Å². The van der Waals surface area contributed by atoms with E-state index in [1.165, 1.54) is 0 Å². The van der Waals surface area contributed by atoms with Gasteiger partial charge in [0.15, 0.2) is 6.61 Å². The lowest BCUT2D eigenvalue weighted by atomic mass is 10.1. The molecule has 0 saturated carbocycles. The van der Waals surface area contributed by atoms with E-state index in [4.69, 9.17) is 5.26 Å². The van der Waals surface area contributed by atoms with Crippen molar-refractivity contribution in [2.75, 3.05) is 6.61 Å². The summed E-state index contributed by atoms with van der Waals surface area (Å²) in [5, 5.41) is 11.7. The summed E-state index contributed by atoms with van der Waals surface area (Å²) in [6.45, 7) is 2.85. The van der Waals surface area contributed by atoms with Crippen LogP contribution in [0.25, 0.3) is 5.78 Å². The summed E-state index contributed by atoms with van der Waals surface area (Å²) in [7, 11) is 0. The minimum Gasteiger partial charge on any atom is -0.450 e. The number of aromatic nitrogens is 4. The summed E-state index contributed by atoms with van der Waals surface area (Å²) < 4.78 is 43.7. The highest BCUT2D eigenvalue weighted by Crippen LogP contribution is 2.27. The number of ether oxygens (including phenoxy) is 1. The Morgan fingerprint density at radius 1 is 1.35 bits per heavy atom. The van der Waals surface area contributed by atoms with E-state index < -0.39 is 18.0 Å². The zero-order chi connectivity index (χ0) is 17.2. The van der Waals surface area contributed by atoms with Gasteiger partial charge in [-0.2, -0.15) is 23.4 Å². The van der Waals surface area contributed by atoms with Crippen LogP contribution >= 0.6 is 0 Å². The molecular weight excluding hydrogens is 315 g/mol. The predicted molar refractivity (Wildman–Crippen MR) is 70.2 cm³/mol. The van der Waals surface area contributed by atoms with Gasteiger partial charge < -0.3 is 4.74 Å².